The first-order valence-corrected chi connectivity index (χ1v) is 7.15. The summed E-state index contributed by atoms with van der Waals surface area (Å²) >= 11 is 7.49. The molecule has 18 heavy (non-hydrogen) atoms. The van der Waals surface area contributed by atoms with E-state index >= 15 is 0 Å². The third-order valence-corrected chi connectivity index (χ3v) is 4.25. The summed E-state index contributed by atoms with van der Waals surface area (Å²) in [6.45, 7) is 2.08. The predicted octanol–water partition coefficient (Wildman–Crippen LogP) is 4.47. The fourth-order valence-electron chi connectivity index (χ4n) is 1.67. The Kier molecular flexibility index (Phi) is 4.70. The van der Waals surface area contributed by atoms with Crippen LogP contribution in [-0.2, 0) is 0 Å². The zero-order valence-corrected chi connectivity index (χ0v) is 11.7. The second-order valence-corrected chi connectivity index (χ2v) is 5.64. The zero-order chi connectivity index (χ0) is 13.0. The number of hydrogen-bond donors (Lipinski definition) is 1. The van der Waals surface area contributed by atoms with Crippen molar-refractivity contribution in [3.8, 4) is 0 Å². The predicted molar refractivity (Wildman–Crippen MR) is 78.3 cm³/mol. The van der Waals surface area contributed by atoms with Crippen molar-refractivity contribution in [1.82, 2.24) is 0 Å². The number of aryl methyl sites for hydroxylation is 1. The lowest BCUT2D eigenvalue weighted by molar-refractivity contribution is 0.204. The number of aliphatic hydroxyl groups excluding tert-OH is 1. The van der Waals surface area contributed by atoms with Crippen molar-refractivity contribution < 1.29 is 5.11 Å². The minimum Gasteiger partial charge on any atom is -0.388 e. The van der Waals surface area contributed by atoms with E-state index in [-0.39, 0.29) is 0 Å². The van der Waals surface area contributed by atoms with E-state index < -0.39 is 6.10 Å². The summed E-state index contributed by atoms with van der Waals surface area (Å²) in [5, 5.41) is 10.8. The molecule has 1 nitrogen and oxygen atoms in total. The molecule has 1 N–H and O–H groups in total. The van der Waals surface area contributed by atoms with Gasteiger partial charge in [0, 0.05) is 15.7 Å². The topological polar surface area (TPSA) is 20.2 Å². The lowest BCUT2D eigenvalue weighted by Crippen LogP contribution is -2.00. The number of hydrogen-bond acceptors (Lipinski definition) is 2. The van der Waals surface area contributed by atoms with E-state index in [1.165, 1.54) is 10.5 Å². The minimum atomic E-state index is -0.466. The number of thioether (sulfide) groups is 1. The molecule has 0 spiro atoms. The molecule has 94 valence electrons. The molecular formula is C15H15ClOS. The van der Waals surface area contributed by atoms with Crippen LogP contribution in [0, 0.1) is 6.92 Å². The van der Waals surface area contributed by atoms with Crippen LogP contribution in [0.3, 0.4) is 0 Å². The van der Waals surface area contributed by atoms with Gasteiger partial charge >= 0.3 is 0 Å². The van der Waals surface area contributed by atoms with E-state index in [0.29, 0.717) is 10.8 Å². The normalized spacial score (nSPS) is 12.4. The van der Waals surface area contributed by atoms with Gasteiger partial charge in [-0.15, -0.1) is 11.8 Å². The van der Waals surface area contributed by atoms with Gasteiger partial charge in [0.15, 0.2) is 0 Å². The van der Waals surface area contributed by atoms with Crippen LogP contribution in [0.5, 0.6) is 0 Å². The van der Waals surface area contributed by atoms with Gasteiger partial charge < -0.3 is 5.11 Å². The number of aliphatic hydroxyl groups is 1. The van der Waals surface area contributed by atoms with Crippen LogP contribution in [-0.4, -0.2) is 10.9 Å². The standard InChI is InChI=1S/C15H15ClOS/c1-11-4-2-3-5-15(11)18-10-14(17)12-6-8-13(16)9-7-12/h2-9,14,17H,10H2,1H3. The first-order valence-electron chi connectivity index (χ1n) is 5.79. The molecule has 0 saturated carbocycles. The molecule has 0 radical (unpaired) electrons. The molecule has 0 fully saturated rings. The van der Waals surface area contributed by atoms with Crippen LogP contribution in [0.25, 0.3) is 0 Å². The maximum atomic E-state index is 10.1. The summed E-state index contributed by atoms with van der Waals surface area (Å²) in [6, 6.07) is 15.5. The number of rotatable bonds is 4. The fraction of sp³-hybridized carbons (Fsp3) is 0.200. The van der Waals surface area contributed by atoms with Crippen LogP contribution < -0.4 is 0 Å². The third-order valence-electron chi connectivity index (χ3n) is 2.75. The number of benzene rings is 2. The van der Waals surface area contributed by atoms with Gasteiger partial charge in [-0.2, -0.15) is 0 Å². The molecule has 0 saturated heterocycles. The van der Waals surface area contributed by atoms with Gasteiger partial charge in [0.1, 0.15) is 0 Å². The van der Waals surface area contributed by atoms with E-state index in [1.807, 2.05) is 24.3 Å². The minimum absolute atomic E-state index is 0.466. The summed E-state index contributed by atoms with van der Waals surface area (Å²) in [7, 11) is 0. The average Bonchev–Trinajstić information content (AvgIpc) is 2.38. The molecule has 0 aromatic heterocycles. The van der Waals surface area contributed by atoms with Crippen molar-refractivity contribution in [1.29, 1.82) is 0 Å². The van der Waals surface area contributed by atoms with Crippen LogP contribution in [0.2, 0.25) is 5.02 Å². The molecule has 2 aromatic rings. The Morgan fingerprint density at radius 3 is 2.44 bits per heavy atom. The van der Waals surface area contributed by atoms with Crippen molar-refractivity contribution in [3.05, 3.63) is 64.7 Å². The first-order chi connectivity index (χ1) is 8.66. The Morgan fingerprint density at radius 2 is 1.78 bits per heavy atom. The first kappa shape index (κ1) is 13.5. The second-order valence-electron chi connectivity index (χ2n) is 4.14. The van der Waals surface area contributed by atoms with Crippen molar-refractivity contribution in [2.45, 2.75) is 17.9 Å². The monoisotopic (exact) mass is 278 g/mol. The molecule has 2 rings (SSSR count). The molecule has 0 aliphatic carbocycles. The Morgan fingerprint density at radius 1 is 1.11 bits per heavy atom. The summed E-state index contributed by atoms with van der Waals surface area (Å²) in [5.41, 5.74) is 2.14. The maximum Gasteiger partial charge on any atom is 0.0883 e. The molecule has 2 aromatic carbocycles. The summed E-state index contributed by atoms with van der Waals surface area (Å²) < 4.78 is 0. The number of halogens is 1. The quantitative estimate of drug-likeness (QED) is 0.833. The molecule has 0 amide bonds. The summed E-state index contributed by atoms with van der Waals surface area (Å²) in [4.78, 5) is 1.21. The van der Waals surface area contributed by atoms with Gasteiger partial charge in [0.05, 0.1) is 6.10 Å². The molecule has 1 unspecified atom stereocenters. The van der Waals surface area contributed by atoms with Crippen LogP contribution in [0.15, 0.2) is 53.4 Å². The molecule has 3 heteroatoms. The van der Waals surface area contributed by atoms with Crippen molar-refractivity contribution in [2.24, 2.45) is 0 Å². The molecular weight excluding hydrogens is 264 g/mol. The van der Waals surface area contributed by atoms with E-state index in [0.717, 1.165) is 5.56 Å². The van der Waals surface area contributed by atoms with Crippen molar-refractivity contribution in [2.75, 3.05) is 5.75 Å². The van der Waals surface area contributed by atoms with Gasteiger partial charge in [0.2, 0.25) is 0 Å². The lowest BCUT2D eigenvalue weighted by atomic mass is 10.1. The Hall–Kier alpha value is -0.960. The molecule has 0 bridgehead atoms. The van der Waals surface area contributed by atoms with Gasteiger partial charge in [-0.25, -0.2) is 0 Å². The van der Waals surface area contributed by atoms with Crippen LogP contribution in [0.1, 0.15) is 17.2 Å². The molecule has 0 aliphatic heterocycles. The van der Waals surface area contributed by atoms with Gasteiger partial charge in [-0.1, -0.05) is 41.9 Å². The Bertz CT molecular complexity index is 510. The Labute approximate surface area is 117 Å². The van der Waals surface area contributed by atoms with Gasteiger partial charge in [0.25, 0.3) is 0 Å². The average molecular weight is 279 g/mol. The SMILES string of the molecule is Cc1ccccc1SCC(O)c1ccc(Cl)cc1. The van der Waals surface area contributed by atoms with E-state index in [9.17, 15) is 5.11 Å². The maximum absolute atomic E-state index is 10.1. The van der Waals surface area contributed by atoms with Crippen LogP contribution >= 0.6 is 23.4 Å². The molecule has 1 atom stereocenters. The zero-order valence-electron chi connectivity index (χ0n) is 10.1. The third kappa shape index (κ3) is 3.52. The summed E-state index contributed by atoms with van der Waals surface area (Å²) in [6.07, 6.45) is -0.466. The largest absolute Gasteiger partial charge is 0.388 e. The smallest absolute Gasteiger partial charge is 0.0883 e. The highest BCUT2D eigenvalue weighted by Gasteiger charge is 2.08. The Balaban J connectivity index is 1.98. The molecule has 0 heterocycles. The molecule has 0 aliphatic rings. The highest BCUT2D eigenvalue weighted by atomic mass is 35.5. The van der Waals surface area contributed by atoms with Crippen molar-refractivity contribution >= 4 is 23.4 Å². The second kappa shape index (κ2) is 6.28. The fourth-order valence-corrected chi connectivity index (χ4v) is 2.79. The van der Waals surface area contributed by atoms with E-state index in [4.69, 9.17) is 11.6 Å². The summed E-state index contributed by atoms with van der Waals surface area (Å²) in [5.74, 6) is 0.645. The van der Waals surface area contributed by atoms with E-state index in [1.54, 1.807) is 23.9 Å². The van der Waals surface area contributed by atoms with Crippen LogP contribution in [0.4, 0.5) is 0 Å². The lowest BCUT2D eigenvalue weighted by Gasteiger charge is -2.11. The highest BCUT2D eigenvalue weighted by Crippen LogP contribution is 2.27. The van der Waals surface area contributed by atoms with Gasteiger partial charge in [-0.05, 0) is 36.2 Å². The van der Waals surface area contributed by atoms with Gasteiger partial charge in [-0.3, -0.25) is 0 Å². The van der Waals surface area contributed by atoms with E-state index in [2.05, 4.69) is 19.1 Å². The van der Waals surface area contributed by atoms with Crippen molar-refractivity contribution in [3.63, 3.8) is 0 Å². The highest BCUT2D eigenvalue weighted by molar-refractivity contribution is 7.99.